The first-order valence-corrected chi connectivity index (χ1v) is 9.23. The van der Waals surface area contributed by atoms with E-state index >= 15 is 0 Å². The van der Waals surface area contributed by atoms with Gasteiger partial charge >= 0.3 is 0 Å². The number of hydrogen-bond acceptors (Lipinski definition) is 3. The van der Waals surface area contributed by atoms with Crippen LogP contribution in [0, 0.1) is 11.3 Å². The molecule has 2 N–H and O–H groups in total. The number of rotatable bonds is 5. The van der Waals surface area contributed by atoms with Crippen LogP contribution in [0.4, 0.5) is 0 Å². The van der Waals surface area contributed by atoms with E-state index in [1.54, 1.807) is 6.21 Å². The van der Waals surface area contributed by atoms with Gasteiger partial charge < -0.3 is 9.88 Å². The Labute approximate surface area is 153 Å². The molecule has 0 bridgehead atoms. The van der Waals surface area contributed by atoms with Crippen LogP contribution in [-0.2, 0) is 6.54 Å². The van der Waals surface area contributed by atoms with Gasteiger partial charge in [0.1, 0.15) is 0 Å². The molecule has 1 heterocycles. The number of benzene rings is 1. The summed E-state index contributed by atoms with van der Waals surface area (Å²) >= 11 is 5.33. The van der Waals surface area contributed by atoms with E-state index in [-0.39, 0.29) is 0 Å². The molecule has 0 atom stereocenters. The summed E-state index contributed by atoms with van der Waals surface area (Å²) in [5.74, 6) is 0. The molecule has 1 fully saturated rings. The summed E-state index contributed by atoms with van der Waals surface area (Å²) in [5.41, 5.74) is 5.05. The van der Waals surface area contributed by atoms with E-state index in [1.807, 2.05) is 18.3 Å². The molecule has 0 saturated heterocycles. The molecule has 0 radical (unpaired) electrons. The molecule has 2 aromatic rings. The minimum atomic E-state index is 0.469. The number of hydrazone groups is 1. The molecule has 1 aliphatic carbocycles. The Kier molecular flexibility index (Phi) is 6.02. The zero-order valence-corrected chi connectivity index (χ0v) is 15.1. The molecule has 1 aromatic carbocycles. The van der Waals surface area contributed by atoms with Gasteiger partial charge in [0, 0.05) is 35.2 Å². The Balaban J connectivity index is 1.64. The Morgan fingerprint density at radius 2 is 2.12 bits per heavy atom. The largest absolute Gasteiger partial charge is 0.359 e. The second-order valence-corrected chi connectivity index (χ2v) is 6.79. The van der Waals surface area contributed by atoms with Crippen LogP contribution >= 0.6 is 12.2 Å². The molecule has 1 aliphatic rings. The molecule has 0 aliphatic heterocycles. The number of aromatic nitrogens is 1. The van der Waals surface area contributed by atoms with Gasteiger partial charge in [-0.3, -0.25) is 5.43 Å². The normalized spacial score (nSPS) is 15.3. The number of aryl methyl sites for hydroxylation is 1. The molecule has 0 unspecified atom stereocenters. The summed E-state index contributed by atoms with van der Waals surface area (Å²) in [6.45, 7) is 0.680. The maximum atomic E-state index is 8.82. The van der Waals surface area contributed by atoms with Gasteiger partial charge in [-0.15, -0.1) is 0 Å². The van der Waals surface area contributed by atoms with E-state index in [2.05, 4.69) is 38.6 Å². The number of hydrogen-bond donors (Lipinski definition) is 2. The molecule has 1 saturated carbocycles. The highest BCUT2D eigenvalue weighted by Gasteiger charge is 2.13. The van der Waals surface area contributed by atoms with Crippen LogP contribution in [0.3, 0.4) is 0 Å². The fourth-order valence-electron chi connectivity index (χ4n) is 3.36. The standard InChI is InChI=1S/C19H23N5S/c20-11-6-12-24-14-15(17-9-4-5-10-18(17)24)13-21-23-19(25)22-16-7-2-1-3-8-16/h4-5,9-10,13-14,16H,1-3,6-8,12H2,(H2,22,23,25)/b21-13-. The van der Waals surface area contributed by atoms with E-state index in [4.69, 9.17) is 17.5 Å². The third-order valence-corrected chi connectivity index (χ3v) is 4.80. The zero-order chi connectivity index (χ0) is 17.5. The third kappa shape index (κ3) is 4.58. The van der Waals surface area contributed by atoms with Crippen molar-refractivity contribution in [2.24, 2.45) is 5.10 Å². The Bertz CT molecular complexity index is 796. The second-order valence-electron chi connectivity index (χ2n) is 6.38. The first kappa shape index (κ1) is 17.4. The molecule has 5 nitrogen and oxygen atoms in total. The Morgan fingerprint density at radius 1 is 1.32 bits per heavy atom. The van der Waals surface area contributed by atoms with Crippen molar-refractivity contribution in [3.05, 3.63) is 36.0 Å². The number of fused-ring (bicyclic) bond motifs is 1. The average molecular weight is 353 g/mol. The van der Waals surface area contributed by atoms with Gasteiger partial charge in [0.05, 0.1) is 18.7 Å². The summed E-state index contributed by atoms with van der Waals surface area (Å²) in [7, 11) is 0. The van der Waals surface area contributed by atoms with E-state index in [0.717, 1.165) is 16.5 Å². The number of nitrogens with one attached hydrogen (secondary N) is 2. The monoisotopic (exact) mass is 353 g/mol. The first-order valence-electron chi connectivity index (χ1n) is 8.82. The van der Waals surface area contributed by atoms with Gasteiger partial charge in [0.25, 0.3) is 0 Å². The minimum Gasteiger partial charge on any atom is -0.359 e. The summed E-state index contributed by atoms with van der Waals surface area (Å²) < 4.78 is 2.10. The maximum absolute atomic E-state index is 8.82. The highest BCUT2D eigenvalue weighted by atomic mass is 32.1. The molecular weight excluding hydrogens is 330 g/mol. The summed E-state index contributed by atoms with van der Waals surface area (Å²) in [5, 5.41) is 18.2. The van der Waals surface area contributed by atoms with E-state index in [9.17, 15) is 0 Å². The van der Waals surface area contributed by atoms with Gasteiger partial charge in [0.15, 0.2) is 5.11 Å². The van der Waals surface area contributed by atoms with Crippen LogP contribution in [0.15, 0.2) is 35.6 Å². The lowest BCUT2D eigenvalue weighted by Gasteiger charge is -2.23. The first-order chi connectivity index (χ1) is 12.3. The van der Waals surface area contributed by atoms with Crippen LogP contribution < -0.4 is 10.7 Å². The van der Waals surface area contributed by atoms with Crippen molar-refractivity contribution in [2.45, 2.75) is 51.1 Å². The third-order valence-electron chi connectivity index (χ3n) is 4.59. The van der Waals surface area contributed by atoms with E-state index in [0.29, 0.717) is 24.1 Å². The second kappa shape index (κ2) is 8.63. The summed E-state index contributed by atoms with van der Waals surface area (Å²) in [6.07, 6.45) is 10.5. The van der Waals surface area contributed by atoms with Crippen LogP contribution in [0.1, 0.15) is 44.1 Å². The van der Waals surface area contributed by atoms with Crippen molar-refractivity contribution in [3.8, 4) is 6.07 Å². The minimum absolute atomic E-state index is 0.469. The number of para-hydroxylation sites is 1. The fourth-order valence-corrected chi connectivity index (χ4v) is 3.58. The molecule has 0 amide bonds. The van der Waals surface area contributed by atoms with E-state index in [1.165, 1.54) is 32.1 Å². The van der Waals surface area contributed by atoms with Crippen molar-refractivity contribution in [1.29, 1.82) is 5.26 Å². The molecule has 0 spiro atoms. The van der Waals surface area contributed by atoms with Crippen molar-refractivity contribution in [1.82, 2.24) is 15.3 Å². The summed E-state index contributed by atoms with van der Waals surface area (Å²) in [4.78, 5) is 0. The number of nitriles is 1. The lowest BCUT2D eigenvalue weighted by molar-refractivity contribution is 0.412. The van der Waals surface area contributed by atoms with Crippen LogP contribution in [0.25, 0.3) is 10.9 Å². The van der Waals surface area contributed by atoms with Gasteiger partial charge in [0.2, 0.25) is 0 Å². The lowest BCUT2D eigenvalue weighted by Crippen LogP contribution is -2.40. The smallest absolute Gasteiger partial charge is 0.187 e. The van der Waals surface area contributed by atoms with Crippen molar-refractivity contribution in [2.75, 3.05) is 0 Å². The van der Waals surface area contributed by atoms with Crippen LogP contribution in [-0.4, -0.2) is 21.9 Å². The predicted molar refractivity (Wildman–Crippen MR) is 106 cm³/mol. The zero-order valence-electron chi connectivity index (χ0n) is 14.2. The van der Waals surface area contributed by atoms with Crippen molar-refractivity contribution in [3.63, 3.8) is 0 Å². The van der Waals surface area contributed by atoms with Gasteiger partial charge in [-0.05, 0) is 31.1 Å². The van der Waals surface area contributed by atoms with Crippen LogP contribution in [0.5, 0.6) is 0 Å². The van der Waals surface area contributed by atoms with Gasteiger partial charge in [-0.1, -0.05) is 37.5 Å². The molecule has 6 heteroatoms. The molecule has 1 aromatic heterocycles. The van der Waals surface area contributed by atoms with Crippen molar-refractivity contribution < 1.29 is 0 Å². The van der Waals surface area contributed by atoms with Gasteiger partial charge in [-0.25, -0.2) is 0 Å². The SMILES string of the molecule is N#CCCn1cc(/C=N\NC(=S)NC2CCCCC2)c2ccccc21. The molecule has 3 rings (SSSR count). The van der Waals surface area contributed by atoms with E-state index < -0.39 is 0 Å². The topological polar surface area (TPSA) is 65.1 Å². The van der Waals surface area contributed by atoms with Crippen molar-refractivity contribution >= 4 is 34.4 Å². The average Bonchev–Trinajstić information content (AvgIpc) is 2.99. The quantitative estimate of drug-likeness (QED) is 0.489. The molecule has 25 heavy (non-hydrogen) atoms. The lowest BCUT2D eigenvalue weighted by atomic mass is 9.96. The Hall–Kier alpha value is -2.39. The number of thiocarbonyl (C=S) groups is 1. The van der Waals surface area contributed by atoms with Crippen LogP contribution in [0.2, 0.25) is 0 Å². The highest BCUT2D eigenvalue weighted by molar-refractivity contribution is 7.80. The van der Waals surface area contributed by atoms with Gasteiger partial charge in [-0.2, -0.15) is 10.4 Å². The highest BCUT2D eigenvalue weighted by Crippen LogP contribution is 2.20. The predicted octanol–water partition coefficient (Wildman–Crippen LogP) is 3.69. The summed E-state index contributed by atoms with van der Waals surface area (Å²) in [6, 6.07) is 10.8. The number of nitrogens with zero attached hydrogens (tertiary/aromatic N) is 3. The maximum Gasteiger partial charge on any atom is 0.187 e. The molecular formula is C19H23N5S. The fraction of sp³-hybridized carbons (Fsp3) is 0.421. The Morgan fingerprint density at radius 3 is 2.92 bits per heavy atom. The molecule has 130 valence electrons.